The number of rotatable bonds is 6. The molecule has 2 rings (SSSR count). The van der Waals surface area contributed by atoms with Gasteiger partial charge in [0.1, 0.15) is 6.23 Å². The molecule has 0 spiro atoms. The van der Waals surface area contributed by atoms with Gasteiger partial charge in [-0.3, -0.25) is 14.3 Å². The highest BCUT2D eigenvalue weighted by Crippen LogP contribution is 2.26. The van der Waals surface area contributed by atoms with Crippen molar-refractivity contribution in [3.8, 4) is 0 Å². The Balaban J connectivity index is 2.16. The lowest BCUT2D eigenvalue weighted by atomic mass is 10.2. The Morgan fingerprint density at radius 2 is 2.10 bits per heavy atom. The van der Waals surface area contributed by atoms with Crippen molar-refractivity contribution in [2.45, 2.75) is 17.7 Å². The van der Waals surface area contributed by atoms with Crippen LogP contribution in [-0.2, 0) is 11.3 Å². The summed E-state index contributed by atoms with van der Waals surface area (Å²) in [7, 11) is 1.50. The smallest absolute Gasteiger partial charge is 0.330 e. The van der Waals surface area contributed by atoms with Crippen LogP contribution in [0.2, 0.25) is 0 Å². The maximum atomic E-state index is 11.8. The zero-order chi connectivity index (χ0) is 15.2. The van der Waals surface area contributed by atoms with Crippen molar-refractivity contribution >= 4 is 11.8 Å². The molecule has 7 heteroatoms. The van der Waals surface area contributed by atoms with Gasteiger partial charge in [-0.2, -0.15) is 0 Å². The standard InChI is InChI=1S/C14H16N2O4S/c1-20-13(16-7-6-12(18)15-14(16)19)9-21-11-5-3-2-4-10(11)8-17/h2-7,13,17H,8-9H2,1H3,(H,15,18,19). The van der Waals surface area contributed by atoms with Crippen LogP contribution in [0, 0.1) is 0 Å². The summed E-state index contributed by atoms with van der Waals surface area (Å²) in [4.78, 5) is 26.0. The van der Waals surface area contributed by atoms with E-state index in [1.807, 2.05) is 24.3 Å². The Morgan fingerprint density at radius 1 is 1.33 bits per heavy atom. The number of hydrogen-bond donors (Lipinski definition) is 2. The number of benzene rings is 1. The highest BCUT2D eigenvalue weighted by Gasteiger charge is 2.13. The maximum absolute atomic E-state index is 11.8. The number of nitrogens with one attached hydrogen (secondary N) is 1. The first-order valence-electron chi connectivity index (χ1n) is 6.31. The normalized spacial score (nSPS) is 12.3. The summed E-state index contributed by atoms with van der Waals surface area (Å²) in [6, 6.07) is 8.76. The van der Waals surface area contributed by atoms with Gasteiger partial charge in [0, 0.05) is 30.0 Å². The van der Waals surface area contributed by atoms with Crippen molar-refractivity contribution in [3.63, 3.8) is 0 Å². The summed E-state index contributed by atoms with van der Waals surface area (Å²) in [6.45, 7) is -0.0422. The number of aliphatic hydroxyl groups is 1. The number of ether oxygens (including phenoxy) is 1. The van der Waals surface area contributed by atoms with E-state index in [0.29, 0.717) is 5.75 Å². The van der Waals surface area contributed by atoms with E-state index in [4.69, 9.17) is 4.74 Å². The van der Waals surface area contributed by atoms with Crippen LogP contribution < -0.4 is 11.2 Å². The van der Waals surface area contributed by atoms with Crippen molar-refractivity contribution in [2.75, 3.05) is 12.9 Å². The Morgan fingerprint density at radius 3 is 2.76 bits per heavy atom. The molecule has 1 unspecified atom stereocenters. The molecule has 1 heterocycles. The molecule has 1 aromatic carbocycles. The molecule has 0 radical (unpaired) electrons. The van der Waals surface area contributed by atoms with E-state index in [1.54, 1.807) is 0 Å². The van der Waals surface area contributed by atoms with Gasteiger partial charge in [0.15, 0.2) is 0 Å². The largest absolute Gasteiger partial charge is 0.392 e. The average molecular weight is 308 g/mol. The lowest BCUT2D eigenvalue weighted by molar-refractivity contribution is 0.0603. The van der Waals surface area contributed by atoms with Crippen LogP contribution in [0.3, 0.4) is 0 Å². The molecular weight excluding hydrogens is 292 g/mol. The Bertz CT molecular complexity index is 710. The van der Waals surface area contributed by atoms with Crippen LogP contribution in [0.4, 0.5) is 0 Å². The molecule has 0 aliphatic carbocycles. The second kappa shape index (κ2) is 7.26. The molecule has 0 saturated heterocycles. The molecule has 0 saturated carbocycles. The monoisotopic (exact) mass is 308 g/mol. The number of hydrogen-bond acceptors (Lipinski definition) is 5. The van der Waals surface area contributed by atoms with Crippen molar-refractivity contribution in [2.24, 2.45) is 0 Å². The molecule has 0 aliphatic rings. The molecule has 0 aliphatic heterocycles. The predicted octanol–water partition coefficient (Wildman–Crippen LogP) is 0.966. The lowest BCUT2D eigenvalue weighted by Crippen LogP contribution is -2.33. The quantitative estimate of drug-likeness (QED) is 0.777. The minimum absolute atomic E-state index is 0.0422. The third-order valence-electron chi connectivity index (χ3n) is 2.96. The highest BCUT2D eigenvalue weighted by molar-refractivity contribution is 7.99. The number of aromatic nitrogens is 2. The topological polar surface area (TPSA) is 84.3 Å². The number of aromatic amines is 1. The number of nitrogens with zero attached hydrogens (tertiary/aromatic N) is 1. The minimum atomic E-state index is -0.509. The van der Waals surface area contributed by atoms with Crippen LogP contribution in [0.15, 0.2) is 51.0 Å². The van der Waals surface area contributed by atoms with E-state index < -0.39 is 17.5 Å². The first-order chi connectivity index (χ1) is 10.2. The Labute approximate surface area is 125 Å². The molecule has 21 heavy (non-hydrogen) atoms. The van der Waals surface area contributed by atoms with Crippen LogP contribution in [0.5, 0.6) is 0 Å². The minimum Gasteiger partial charge on any atom is -0.392 e. The maximum Gasteiger partial charge on any atom is 0.330 e. The van der Waals surface area contributed by atoms with Crippen molar-refractivity contribution in [3.05, 3.63) is 62.9 Å². The zero-order valence-electron chi connectivity index (χ0n) is 11.5. The molecule has 112 valence electrons. The summed E-state index contributed by atoms with van der Waals surface area (Å²) < 4.78 is 6.64. The van der Waals surface area contributed by atoms with E-state index >= 15 is 0 Å². The van der Waals surface area contributed by atoms with Crippen LogP contribution in [0.1, 0.15) is 11.8 Å². The van der Waals surface area contributed by atoms with Crippen LogP contribution >= 0.6 is 11.8 Å². The first kappa shape index (κ1) is 15.6. The fourth-order valence-electron chi connectivity index (χ4n) is 1.85. The summed E-state index contributed by atoms with van der Waals surface area (Å²) >= 11 is 1.48. The summed E-state index contributed by atoms with van der Waals surface area (Å²) in [6.07, 6.45) is 0.902. The molecule has 0 fully saturated rings. The fourth-order valence-corrected chi connectivity index (χ4v) is 2.96. The predicted molar refractivity (Wildman–Crippen MR) is 80.5 cm³/mol. The molecule has 2 aromatic rings. The average Bonchev–Trinajstić information content (AvgIpc) is 2.50. The van der Waals surface area contributed by atoms with Gasteiger partial charge in [0.2, 0.25) is 0 Å². The second-order valence-electron chi connectivity index (χ2n) is 4.28. The van der Waals surface area contributed by atoms with Crippen molar-refractivity contribution in [1.82, 2.24) is 9.55 Å². The van der Waals surface area contributed by atoms with Gasteiger partial charge in [-0.1, -0.05) is 18.2 Å². The van der Waals surface area contributed by atoms with E-state index in [9.17, 15) is 14.7 Å². The van der Waals surface area contributed by atoms with Crippen molar-refractivity contribution in [1.29, 1.82) is 0 Å². The lowest BCUT2D eigenvalue weighted by Gasteiger charge is -2.17. The number of H-pyrrole nitrogens is 1. The fraction of sp³-hybridized carbons (Fsp3) is 0.286. The molecule has 0 amide bonds. The van der Waals surface area contributed by atoms with E-state index in [0.717, 1.165) is 10.5 Å². The second-order valence-corrected chi connectivity index (χ2v) is 5.35. The summed E-state index contributed by atoms with van der Waals surface area (Å²) in [5.41, 5.74) is -0.124. The molecule has 1 atom stereocenters. The third-order valence-corrected chi connectivity index (χ3v) is 4.12. The number of methoxy groups -OCH3 is 1. The number of aliphatic hydroxyl groups excluding tert-OH is 1. The van der Waals surface area contributed by atoms with Crippen LogP contribution in [-0.4, -0.2) is 27.5 Å². The van der Waals surface area contributed by atoms with Gasteiger partial charge in [-0.15, -0.1) is 11.8 Å². The van der Waals surface area contributed by atoms with E-state index in [-0.39, 0.29) is 6.61 Å². The van der Waals surface area contributed by atoms with E-state index in [2.05, 4.69) is 4.98 Å². The van der Waals surface area contributed by atoms with Gasteiger partial charge >= 0.3 is 5.69 Å². The molecule has 2 N–H and O–H groups in total. The highest BCUT2D eigenvalue weighted by atomic mass is 32.2. The van der Waals surface area contributed by atoms with Gasteiger partial charge in [0.25, 0.3) is 5.56 Å². The molecular formula is C14H16N2O4S. The SMILES string of the molecule is COC(CSc1ccccc1CO)n1ccc(=O)[nH]c1=O. The van der Waals surface area contributed by atoms with Gasteiger partial charge in [-0.25, -0.2) is 4.79 Å². The molecule has 0 bridgehead atoms. The first-order valence-corrected chi connectivity index (χ1v) is 7.30. The van der Waals surface area contributed by atoms with Crippen LogP contribution in [0.25, 0.3) is 0 Å². The summed E-state index contributed by atoms with van der Waals surface area (Å²) in [5, 5.41) is 9.29. The van der Waals surface area contributed by atoms with Gasteiger partial charge in [-0.05, 0) is 11.6 Å². The Kier molecular flexibility index (Phi) is 5.38. The zero-order valence-corrected chi connectivity index (χ0v) is 12.3. The number of thioether (sulfide) groups is 1. The third kappa shape index (κ3) is 3.84. The van der Waals surface area contributed by atoms with E-state index in [1.165, 1.54) is 35.7 Å². The van der Waals surface area contributed by atoms with Crippen molar-refractivity contribution < 1.29 is 9.84 Å². The molecule has 6 nitrogen and oxygen atoms in total. The summed E-state index contributed by atoms with van der Waals surface area (Å²) in [5.74, 6) is 0.472. The molecule has 1 aromatic heterocycles. The van der Waals surface area contributed by atoms with Gasteiger partial charge < -0.3 is 9.84 Å². The Hall–Kier alpha value is -1.83. The van der Waals surface area contributed by atoms with Gasteiger partial charge in [0.05, 0.1) is 6.61 Å².